The Labute approximate surface area is 131 Å². The summed E-state index contributed by atoms with van der Waals surface area (Å²) in [4.78, 5) is 0.593. The fourth-order valence-electron chi connectivity index (χ4n) is 2.31. The predicted octanol–water partition coefficient (Wildman–Crippen LogP) is 4.90. The largest absolute Gasteiger partial charge is 0.254 e. The van der Waals surface area contributed by atoms with E-state index in [-0.39, 0.29) is 5.82 Å². The fraction of sp³-hybridized carbons (Fsp3) is 0.0526. The van der Waals surface area contributed by atoms with E-state index in [2.05, 4.69) is 6.58 Å². The first-order valence-electron chi connectivity index (χ1n) is 6.94. The molecule has 0 aromatic heterocycles. The molecule has 0 heterocycles. The van der Waals surface area contributed by atoms with Crippen molar-refractivity contribution in [1.29, 1.82) is 0 Å². The molecule has 22 heavy (non-hydrogen) atoms. The molecule has 0 N–H and O–H groups in total. The fourth-order valence-corrected chi connectivity index (χ4v) is 3.37. The van der Waals surface area contributed by atoms with Crippen molar-refractivity contribution in [3.8, 4) is 0 Å². The number of hydrogen-bond acceptors (Lipinski definition) is 1. The van der Waals surface area contributed by atoms with Crippen LogP contribution in [0.25, 0.3) is 15.7 Å². The molecule has 0 aliphatic heterocycles. The standard InChI is InChI=1S/C19H15FOS/c1-14(22(21)13-15-6-10-19(20)11-7-15)17-9-8-16-4-2-3-5-18(16)12-17/h2-12H,1,13H2. The van der Waals surface area contributed by atoms with E-state index in [1.807, 2.05) is 42.5 Å². The number of hydrogen-bond donors (Lipinski definition) is 0. The van der Waals surface area contributed by atoms with Crippen LogP contribution < -0.4 is 0 Å². The van der Waals surface area contributed by atoms with Gasteiger partial charge in [-0.15, -0.1) is 0 Å². The molecule has 0 saturated heterocycles. The van der Waals surface area contributed by atoms with Crippen molar-refractivity contribution in [3.63, 3.8) is 0 Å². The van der Waals surface area contributed by atoms with Crippen LogP contribution in [-0.4, -0.2) is 4.21 Å². The third-order valence-electron chi connectivity index (χ3n) is 3.56. The first-order valence-corrected chi connectivity index (χ1v) is 8.26. The second-order valence-electron chi connectivity index (χ2n) is 5.10. The molecule has 0 aliphatic rings. The Bertz CT molecular complexity index is 853. The highest BCUT2D eigenvalue weighted by atomic mass is 32.2. The van der Waals surface area contributed by atoms with Gasteiger partial charge in [-0.3, -0.25) is 4.21 Å². The van der Waals surface area contributed by atoms with E-state index in [4.69, 9.17) is 0 Å². The van der Waals surface area contributed by atoms with Gasteiger partial charge in [0, 0.05) is 4.91 Å². The Kier molecular flexibility index (Phi) is 4.16. The molecule has 0 amide bonds. The van der Waals surface area contributed by atoms with Crippen molar-refractivity contribution in [1.82, 2.24) is 0 Å². The molecule has 1 unspecified atom stereocenters. The summed E-state index contributed by atoms with van der Waals surface area (Å²) < 4.78 is 25.4. The van der Waals surface area contributed by atoms with E-state index in [1.165, 1.54) is 12.1 Å². The monoisotopic (exact) mass is 310 g/mol. The van der Waals surface area contributed by atoms with Crippen LogP contribution in [0.3, 0.4) is 0 Å². The van der Waals surface area contributed by atoms with E-state index in [0.29, 0.717) is 10.7 Å². The van der Waals surface area contributed by atoms with Crippen molar-refractivity contribution in [2.24, 2.45) is 0 Å². The minimum atomic E-state index is -1.23. The number of fused-ring (bicyclic) bond motifs is 1. The summed E-state index contributed by atoms with van der Waals surface area (Å²) in [6.45, 7) is 3.97. The lowest BCUT2D eigenvalue weighted by Gasteiger charge is -2.08. The minimum absolute atomic E-state index is 0.289. The average molecular weight is 310 g/mol. The van der Waals surface area contributed by atoms with E-state index < -0.39 is 10.8 Å². The van der Waals surface area contributed by atoms with Crippen LogP contribution in [0.15, 0.2) is 73.3 Å². The summed E-state index contributed by atoms with van der Waals surface area (Å²) in [6, 6.07) is 20.0. The van der Waals surface area contributed by atoms with Crippen LogP contribution >= 0.6 is 0 Å². The lowest BCUT2D eigenvalue weighted by molar-refractivity contribution is 0.627. The SMILES string of the molecule is C=C(c1ccc2ccccc2c1)S(=O)Cc1ccc(F)cc1. The van der Waals surface area contributed by atoms with Gasteiger partial charge in [0.25, 0.3) is 0 Å². The zero-order valence-electron chi connectivity index (χ0n) is 12.0. The van der Waals surface area contributed by atoms with Gasteiger partial charge in [0.2, 0.25) is 0 Å². The Morgan fingerprint density at radius 1 is 0.955 bits per heavy atom. The zero-order chi connectivity index (χ0) is 15.5. The summed E-state index contributed by atoms with van der Waals surface area (Å²) in [5, 5.41) is 2.24. The van der Waals surface area contributed by atoms with Gasteiger partial charge in [-0.25, -0.2) is 4.39 Å². The number of benzene rings is 3. The van der Waals surface area contributed by atoms with Gasteiger partial charge < -0.3 is 0 Å². The summed E-state index contributed by atoms with van der Waals surface area (Å²) >= 11 is 0. The predicted molar refractivity (Wildman–Crippen MR) is 91.2 cm³/mol. The number of rotatable bonds is 4. The molecule has 3 heteroatoms. The van der Waals surface area contributed by atoms with Gasteiger partial charge in [-0.2, -0.15) is 0 Å². The first kappa shape index (κ1) is 14.7. The molecular formula is C19H15FOS. The first-order chi connectivity index (χ1) is 10.6. The van der Waals surface area contributed by atoms with Crippen LogP contribution in [0.2, 0.25) is 0 Å². The minimum Gasteiger partial charge on any atom is -0.254 e. The molecular weight excluding hydrogens is 295 g/mol. The molecule has 0 saturated carbocycles. The highest BCUT2D eigenvalue weighted by molar-refractivity contribution is 7.93. The maximum absolute atomic E-state index is 12.9. The Balaban J connectivity index is 1.82. The lowest BCUT2D eigenvalue weighted by Crippen LogP contribution is -1.98. The summed E-state index contributed by atoms with van der Waals surface area (Å²) in [6.07, 6.45) is 0. The Morgan fingerprint density at radius 2 is 1.64 bits per heavy atom. The summed E-state index contributed by atoms with van der Waals surface area (Å²) in [5.41, 5.74) is 1.71. The molecule has 0 aliphatic carbocycles. The molecule has 1 atom stereocenters. The quantitative estimate of drug-likeness (QED) is 0.670. The van der Waals surface area contributed by atoms with Gasteiger partial charge in [-0.1, -0.05) is 55.1 Å². The van der Waals surface area contributed by atoms with Crippen molar-refractivity contribution in [2.45, 2.75) is 5.75 Å². The molecule has 3 rings (SSSR count). The normalized spacial score (nSPS) is 12.2. The molecule has 0 fully saturated rings. The molecule has 3 aromatic rings. The second-order valence-corrected chi connectivity index (χ2v) is 6.57. The number of halogens is 1. The molecule has 0 bridgehead atoms. The highest BCUT2D eigenvalue weighted by Crippen LogP contribution is 2.24. The van der Waals surface area contributed by atoms with Gasteiger partial charge in [0.15, 0.2) is 0 Å². The van der Waals surface area contributed by atoms with Crippen LogP contribution in [0, 0.1) is 5.82 Å². The lowest BCUT2D eigenvalue weighted by atomic mass is 10.1. The van der Waals surface area contributed by atoms with Gasteiger partial charge in [0.05, 0.1) is 16.6 Å². The molecule has 3 aromatic carbocycles. The molecule has 0 radical (unpaired) electrons. The van der Waals surface area contributed by atoms with Crippen LogP contribution in [-0.2, 0) is 16.6 Å². The highest BCUT2D eigenvalue weighted by Gasteiger charge is 2.09. The van der Waals surface area contributed by atoms with E-state index in [1.54, 1.807) is 12.1 Å². The van der Waals surface area contributed by atoms with Gasteiger partial charge in [-0.05, 0) is 40.1 Å². The van der Waals surface area contributed by atoms with E-state index >= 15 is 0 Å². The maximum Gasteiger partial charge on any atom is 0.123 e. The van der Waals surface area contributed by atoms with E-state index in [9.17, 15) is 8.60 Å². The van der Waals surface area contributed by atoms with Crippen molar-refractivity contribution >= 4 is 26.5 Å². The van der Waals surface area contributed by atoms with Gasteiger partial charge >= 0.3 is 0 Å². The maximum atomic E-state index is 12.9. The molecule has 110 valence electrons. The smallest absolute Gasteiger partial charge is 0.123 e. The van der Waals surface area contributed by atoms with Gasteiger partial charge in [0.1, 0.15) is 5.82 Å². The third-order valence-corrected chi connectivity index (χ3v) is 4.94. The zero-order valence-corrected chi connectivity index (χ0v) is 12.8. The summed E-state index contributed by atoms with van der Waals surface area (Å²) in [7, 11) is -1.23. The Hall–Kier alpha value is -2.26. The third kappa shape index (κ3) is 3.15. The van der Waals surface area contributed by atoms with Crippen LogP contribution in [0.1, 0.15) is 11.1 Å². The van der Waals surface area contributed by atoms with Crippen LogP contribution in [0.5, 0.6) is 0 Å². The molecule has 1 nitrogen and oxygen atoms in total. The average Bonchev–Trinajstić information content (AvgIpc) is 2.55. The van der Waals surface area contributed by atoms with Crippen molar-refractivity contribution in [2.75, 3.05) is 0 Å². The van der Waals surface area contributed by atoms with Crippen molar-refractivity contribution < 1.29 is 8.60 Å². The van der Waals surface area contributed by atoms with Crippen LogP contribution in [0.4, 0.5) is 4.39 Å². The summed E-state index contributed by atoms with van der Waals surface area (Å²) in [5.74, 6) is 0.0502. The van der Waals surface area contributed by atoms with E-state index in [0.717, 1.165) is 21.9 Å². The van der Waals surface area contributed by atoms with Crippen molar-refractivity contribution in [3.05, 3.63) is 90.3 Å². The molecule has 0 spiro atoms. The topological polar surface area (TPSA) is 17.1 Å². The second kappa shape index (κ2) is 6.24. The Morgan fingerprint density at radius 3 is 2.36 bits per heavy atom.